The van der Waals surface area contributed by atoms with Gasteiger partial charge in [0.25, 0.3) is 0 Å². The largest absolute Gasteiger partial charge is 0.383 e. The van der Waals surface area contributed by atoms with E-state index in [-0.39, 0.29) is 0 Å². The van der Waals surface area contributed by atoms with Gasteiger partial charge in [0.15, 0.2) is 0 Å². The van der Waals surface area contributed by atoms with E-state index in [1.54, 1.807) is 14.2 Å². The average Bonchev–Trinajstić information content (AvgIpc) is 2.46. The van der Waals surface area contributed by atoms with Crippen LogP contribution in [0.25, 0.3) is 0 Å². The third-order valence-corrected chi connectivity index (χ3v) is 3.16. The first kappa shape index (κ1) is 17.0. The van der Waals surface area contributed by atoms with Crippen molar-refractivity contribution in [2.75, 3.05) is 45.4 Å². The molecule has 0 atom stereocenters. The maximum atomic E-state index is 5.21. The molecule has 0 aliphatic carbocycles. The lowest BCUT2D eigenvalue weighted by Gasteiger charge is -2.27. The fourth-order valence-corrected chi connectivity index (χ4v) is 2.04. The van der Waals surface area contributed by atoms with Crippen LogP contribution in [0.5, 0.6) is 0 Å². The van der Waals surface area contributed by atoms with Crippen LogP contribution in [0.4, 0.5) is 5.69 Å². The number of para-hydroxylation sites is 1. The number of nitrogens with one attached hydrogen (secondary N) is 1. The molecule has 0 aromatic heterocycles. The number of anilines is 1. The van der Waals surface area contributed by atoms with E-state index in [0.717, 1.165) is 32.8 Å². The number of hydrogen-bond acceptors (Lipinski definition) is 4. The lowest BCUT2D eigenvalue weighted by atomic mass is 10.1. The van der Waals surface area contributed by atoms with E-state index in [2.05, 4.69) is 48.3 Å². The molecule has 0 unspecified atom stereocenters. The zero-order chi connectivity index (χ0) is 14.8. The van der Waals surface area contributed by atoms with Crippen molar-refractivity contribution in [1.29, 1.82) is 0 Å². The molecule has 0 radical (unpaired) electrons. The Kier molecular flexibility index (Phi) is 8.26. The monoisotopic (exact) mass is 280 g/mol. The smallest absolute Gasteiger partial charge is 0.0637 e. The van der Waals surface area contributed by atoms with Crippen LogP contribution in [0, 0.1) is 0 Å². The van der Waals surface area contributed by atoms with Gasteiger partial charge in [0.2, 0.25) is 0 Å². The van der Waals surface area contributed by atoms with Gasteiger partial charge < -0.3 is 19.7 Å². The van der Waals surface area contributed by atoms with Crippen molar-refractivity contribution in [1.82, 2.24) is 5.32 Å². The van der Waals surface area contributed by atoms with Crippen molar-refractivity contribution in [3.05, 3.63) is 29.8 Å². The second-order valence-corrected chi connectivity index (χ2v) is 5.14. The summed E-state index contributed by atoms with van der Waals surface area (Å²) in [5.41, 5.74) is 2.57. The minimum Gasteiger partial charge on any atom is -0.383 e. The molecule has 0 aliphatic heterocycles. The number of nitrogens with zero attached hydrogens (tertiary/aromatic N) is 1. The summed E-state index contributed by atoms with van der Waals surface area (Å²) in [6, 6.07) is 9.00. The summed E-state index contributed by atoms with van der Waals surface area (Å²) in [4.78, 5) is 2.32. The van der Waals surface area contributed by atoms with Gasteiger partial charge >= 0.3 is 0 Å². The van der Waals surface area contributed by atoms with Gasteiger partial charge in [0.1, 0.15) is 0 Å². The average molecular weight is 280 g/mol. The van der Waals surface area contributed by atoms with E-state index in [0.29, 0.717) is 6.04 Å². The van der Waals surface area contributed by atoms with Gasteiger partial charge in [-0.25, -0.2) is 0 Å². The van der Waals surface area contributed by atoms with Crippen LogP contribution in [-0.4, -0.2) is 46.6 Å². The number of methoxy groups -OCH3 is 2. The minimum absolute atomic E-state index is 0.481. The van der Waals surface area contributed by atoms with Crippen LogP contribution in [0.2, 0.25) is 0 Å². The van der Waals surface area contributed by atoms with Gasteiger partial charge in [-0.2, -0.15) is 0 Å². The Morgan fingerprint density at radius 1 is 1.05 bits per heavy atom. The SMILES string of the molecule is COCCN(CCOC)c1ccccc1CNC(C)C. The second-order valence-electron chi connectivity index (χ2n) is 5.14. The molecular formula is C16H28N2O2. The van der Waals surface area contributed by atoms with Crippen molar-refractivity contribution < 1.29 is 9.47 Å². The van der Waals surface area contributed by atoms with Crippen LogP contribution < -0.4 is 10.2 Å². The molecule has 0 saturated carbocycles. The molecule has 114 valence electrons. The molecule has 1 N–H and O–H groups in total. The van der Waals surface area contributed by atoms with Gasteiger partial charge in [0.05, 0.1) is 13.2 Å². The van der Waals surface area contributed by atoms with Crippen LogP contribution in [0.15, 0.2) is 24.3 Å². The predicted octanol–water partition coefficient (Wildman–Crippen LogP) is 2.28. The Balaban J connectivity index is 2.81. The number of ether oxygens (including phenoxy) is 2. The Morgan fingerprint density at radius 3 is 2.20 bits per heavy atom. The van der Waals surface area contributed by atoms with Gasteiger partial charge in [-0.1, -0.05) is 32.0 Å². The van der Waals surface area contributed by atoms with Crippen LogP contribution in [0.1, 0.15) is 19.4 Å². The van der Waals surface area contributed by atoms with Gasteiger partial charge in [-0.05, 0) is 11.6 Å². The first-order valence-electron chi connectivity index (χ1n) is 7.23. The summed E-state index contributed by atoms with van der Waals surface area (Å²) in [5, 5.41) is 3.48. The first-order chi connectivity index (χ1) is 9.69. The molecule has 4 heteroatoms. The summed E-state index contributed by atoms with van der Waals surface area (Å²) in [6.07, 6.45) is 0. The Morgan fingerprint density at radius 2 is 1.65 bits per heavy atom. The topological polar surface area (TPSA) is 33.7 Å². The highest BCUT2D eigenvalue weighted by Gasteiger charge is 2.10. The highest BCUT2D eigenvalue weighted by atomic mass is 16.5. The zero-order valence-electron chi connectivity index (χ0n) is 13.2. The van der Waals surface area contributed by atoms with E-state index < -0.39 is 0 Å². The zero-order valence-corrected chi connectivity index (χ0v) is 13.2. The molecule has 1 aromatic rings. The van der Waals surface area contributed by atoms with Crippen molar-refractivity contribution in [2.45, 2.75) is 26.4 Å². The molecule has 0 aliphatic rings. The van der Waals surface area contributed by atoms with Crippen LogP contribution in [-0.2, 0) is 16.0 Å². The molecule has 1 aromatic carbocycles. The van der Waals surface area contributed by atoms with Gasteiger partial charge in [0, 0.05) is 45.6 Å². The highest BCUT2D eigenvalue weighted by Crippen LogP contribution is 2.20. The fraction of sp³-hybridized carbons (Fsp3) is 0.625. The predicted molar refractivity (Wildman–Crippen MR) is 84.4 cm³/mol. The van der Waals surface area contributed by atoms with Gasteiger partial charge in [-0.3, -0.25) is 0 Å². The van der Waals surface area contributed by atoms with Crippen molar-refractivity contribution >= 4 is 5.69 Å². The van der Waals surface area contributed by atoms with Crippen LogP contribution in [0.3, 0.4) is 0 Å². The summed E-state index contributed by atoms with van der Waals surface area (Å²) in [7, 11) is 3.47. The second kappa shape index (κ2) is 9.75. The van der Waals surface area contributed by atoms with E-state index in [1.165, 1.54) is 11.3 Å². The molecule has 1 rings (SSSR count). The van der Waals surface area contributed by atoms with E-state index >= 15 is 0 Å². The molecule has 0 heterocycles. The lowest BCUT2D eigenvalue weighted by molar-refractivity contribution is 0.190. The summed E-state index contributed by atoms with van der Waals surface area (Å²) in [5.74, 6) is 0. The third kappa shape index (κ3) is 5.90. The normalized spacial score (nSPS) is 11.1. The molecule has 0 fully saturated rings. The fourth-order valence-electron chi connectivity index (χ4n) is 2.04. The standard InChI is InChI=1S/C16H28N2O2/c1-14(2)17-13-15-7-5-6-8-16(15)18(9-11-19-3)10-12-20-4/h5-8,14,17H,9-13H2,1-4H3. The number of hydrogen-bond donors (Lipinski definition) is 1. The quantitative estimate of drug-likeness (QED) is 0.713. The molecule has 4 nitrogen and oxygen atoms in total. The summed E-state index contributed by atoms with van der Waals surface area (Å²) >= 11 is 0. The van der Waals surface area contributed by atoms with Crippen molar-refractivity contribution in [3.63, 3.8) is 0 Å². The number of rotatable bonds is 10. The molecule has 0 saturated heterocycles. The third-order valence-electron chi connectivity index (χ3n) is 3.16. The van der Waals surface area contributed by atoms with Gasteiger partial charge in [-0.15, -0.1) is 0 Å². The Hall–Kier alpha value is -1.10. The summed E-state index contributed by atoms with van der Waals surface area (Å²) < 4.78 is 10.4. The molecule has 0 spiro atoms. The van der Waals surface area contributed by atoms with Crippen molar-refractivity contribution in [2.24, 2.45) is 0 Å². The maximum absolute atomic E-state index is 5.21. The summed E-state index contributed by atoms with van der Waals surface area (Å²) in [6.45, 7) is 8.39. The molecular weight excluding hydrogens is 252 g/mol. The van der Waals surface area contributed by atoms with Crippen LogP contribution >= 0.6 is 0 Å². The van der Waals surface area contributed by atoms with Crippen molar-refractivity contribution in [3.8, 4) is 0 Å². The Bertz CT molecular complexity index is 361. The Labute approximate surface area is 123 Å². The minimum atomic E-state index is 0.481. The number of benzene rings is 1. The van der Waals surface area contributed by atoms with E-state index in [1.807, 2.05) is 0 Å². The molecule has 0 bridgehead atoms. The maximum Gasteiger partial charge on any atom is 0.0637 e. The first-order valence-corrected chi connectivity index (χ1v) is 7.23. The van der Waals surface area contributed by atoms with E-state index in [9.17, 15) is 0 Å². The highest BCUT2D eigenvalue weighted by molar-refractivity contribution is 5.53. The molecule has 20 heavy (non-hydrogen) atoms. The van der Waals surface area contributed by atoms with E-state index in [4.69, 9.17) is 9.47 Å². The lowest BCUT2D eigenvalue weighted by Crippen LogP contribution is -2.32. The molecule has 0 amide bonds.